The zero-order valence-electron chi connectivity index (χ0n) is 12.9. The van der Waals surface area contributed by atoms with Crippen LogP contribution in [0.15, 0.2) is 11.6 Å². The van der Waals surface area contributed by atoms with Crippen LogP contribution in [0.5, 0.6) is 0 Å². The van der Waals surface area contributed by atoms with Crippen LogP contribution in [0.3, 0.4) is 0 Å². The van der Waals surface area contributed by atoms with Crippen molar-refractivity contribution in [3.63, 3.8) is 0 Å². The second kappa shape index (κ2) is 7.16. The molecule has 0 rings (SSSR count). The Morgan fingerprint density at radius 2 is 1.79 bits per heavy atom. The lowest BCUT2D eigenvalue weighted by atomic mass is 9.94. The van der Waals surface area contributed by atoms with Crippen LogP contribution in [0.2, 0.25) is 0 Å². The summed E-state index contributed by atoms with van der Waals surface area (Å²) in [5.74, 6) is -0.649. The Morgan fingerprint density at radius 3 is 2.16 bits per heavy atom. The van der Waals surface area contributed by atoms with Gasteiger partial charge in [0.05, 0.1) is 7.11 Å². The zero-order valence-corrected chi connectivity index (χ0v) is 12.9. The van der Waals surface area contributed by atoms with Crippen molar-refractivity contribution in [2.75, 3.05) is 7.11 Å². The molecule has 1 amide bonds. The van der Waals surface area contributed by atoms with Crippen molar-refractivity contribution in [1.29, 1.82) is 0 Å². The molecule has 5 heteroatoms. The summed E-state index contributed by atoms with van der Waals surface area (Å²) in [4.78, 5) is 23.5. The van der Waals surface area contributed by atoms with Gasteiger partial charge in [-0.05, 0) is 34.6 Å². The number of hydrogen-bond donors (Lipinski definition) is 1. The van der Waals surface area contributed by atoms with Gasteiger partial charge in [0.15, 0.2) is 0 Å². The monoisotopic (exact) mass is 271 g/mol. The van der Waals surface area contributed by atoms with Gasteiger partial charge in [0.25, 0.3) is 0 Å². The van der Waals surface area contributed by atoms with E-state index in [4.69, 9.17) is 9.47 Å². The number of rotatable bonds is 4. The molecular weight excluding hydrogens is 246 g/mol. The van der Waals surface area contributed by atoms with Gasteiger partial charge >= 0.3 is 12.1 Å². The van der Waals surface area contributed by atoms with E-state index < -0.39 is 23.7 Å². The minimum atomic E-state index is -0.754. The summed E-state index contributed by atoms with van der Waals surface area (Å²) in [5.41, 5.74) is 0.385. The summed E-state index contributed by atoms with van der Waals surface area (Å²) in [7, 11) is 1.30. The molecule has 1 N–H and O–H groups in total. The minimum Gasteiger partial charge on any atom is -0.467 e. The molecule has 2 unspecified atom stereocenters. The maximum absolute atomic E-state index is 11.8. The Bertz CT molecular complexity index is 355. The van der Waals surface area contributed by atoms with Crippen LogP contribution in [0, 0.1) is 5.92 Å². The van der Waals surface area contributed by atoms with Gasteiger partial charge in [0, 0.05) is 5.92 Å². The molecule has 0 bridgehead atoms. The summed E-state index contributed by atoms with van der Waals surface area (Å²) < 4.78 is 9.87. The summed E-state index contributed by atoms with van der Waals surface area (Å²) in [6, 6.07) is -0.754. The first-order valence-corrected chi connectivity index (χ1v) is 6.32. The average molecular weight is 271 g/mol. The summed E-state index contributed by atoms with van der Waals surface area (Å²) in [5, 5.41) is 2.56. The van der Waals surface area contributed by atoms with E-state index in [9.17, 15) is 9.59 Å². The fourth-order valence-electron chi connectivity index (χ4n) is 1.48. The van der Waals surface area contributed by atoms with Crippen molar-refractivity contribution in [2.45, 2.75) is 53.2 Å². The number of nitrogens with one attached hydrogen (secondary N) is 1. The Labute approximate surface area is 115 Å². The quantitative estimate of drug-likeness (QED) is 0.630. The summed E-state index contributed by atoms with van der Waals surface area (Å²) >= 11 is 0. The number of methoxy groups -OCH3 is 1. The topological polar surface area (TPSA) is 64.6 Å². The largest absolute Gasteiger partial charge is 0.467 e. The van der Waals surface area contributed by atoms with Crippen LogP contribution in [-0.4, -0.2) is 30.8 Å². The lowest BCUT2D eigenvalue weighted by Crippen LogP contribution is -2.47. The highest BCUT2D eigenvalue weighted by Gasteiger charge is 2.30. The lowest BCUT2D eigenvalue weighted by Gasteiger charge is -2.26. The molecule has 0 saturated heterocycles. The SMILES string of the molecule is CC=C(C)C(C)C(NC(=O)OC(C)(C)C)C(=O)OC. The molecule has 0 aromatic heterocycles. The fourth-order valence-corrected chi connectivity index (χ4v) is 1.48. The lowest BCUT2D eigenvalue weighted by molar-refractivity contribution is -0.144. The predicted octanol–water partition coefficient (Wildman–Crippen LogP) is 2.66. The van der Waals surface area contributed by atoms with Crippen LogP contribution < -0.4 is 5.32 Å². The molecule has 0 aromatic rings. The first-order chi connectivity index (χ1) is 8.62. The van der Waals surface area contributed by atoms with Gasteiger partial charge in [-0.2, -0.15) is 0 Å². The molecule has 0 heterocycles. The molecule has 19 heavy (non-hydrogen) atoms. The van der Waals surface area contributed by atoms with E-state index in [0.717, 1.165) is 5.57 Å². The van der Waals surface area contributed by atoms with Crippen LogP contribution in [0.4, 0.5) is 4.79 Å². The van der Waals surface area contributed by atoms with Gasteiger partial charge in [0.2, 0.25) is 0 Å². The number of carbonyl (C=O) groups excluding carboxylic acids is 2. The molecule has 0 aliphatic heterocycles. The van der Waals surface area contributed by atoms with E-state index >= 15 is 0 Å². The number of carbonyl (C=O) groups is 2. The number of ether oxygens (including phenoxy) is 2. The number of allylic oxidation sites excluding steroid dienone is 1. The molecule has 0 aliphatic carbocycles. The van der Waals surface area contributed by atoms with Crippen molar-refractivity contribution in [2.24, 2.45) is 5.92 Å². The number of amides is 1. The normalized spacial score (nSPS) is 15.4. The zero-order chi connectivity index (χ0) is 15.2. The molecule has 0 radical (unpaired) electrons. The molecule has 0 saturated carbocycles. The van der Waals surface area contributed by atoms with Crippen LogP contribution in [0.1, 0.15) is 41.5 Å². The second-order valence-corrected chi connectivity index (χ2v) is 5.47. The Balaban J connectivity index is 4.89. The highest BCUT2D eigenvalue weighted by molar-refractivity contribution is 5.82. The highest BCUT2D eigenvalue weighted by Crippen LogP contribution is 2.16. The van der Waals surface area contributed by atoms with Crippen molar-refractivity contribution in [3.05, 3.63) is 11.6 Å². The molecular formula is C14H25NO4. The van der Waals surface area contributed by atoms with Crippen molar-refractivity contribution in [1.82, 2.24) is 5.32 Å². The number of alkyl carbamates (subject to hydrolysis) is 1. The fraction of sp³-hybridized carbons (Fsp3) is 0.714. The number of esters is 1. The summed E-state index contributed by atoms with van der Waals surface area (Å²) in [6.45, 7) is 10.9. The first-order valence-electron chi connectivity index (χ1n) is 6.32. The smallest absolute Gasteiger partial charge is 0.408 e. The summed E-state index contributed by atoms with van der Waals surface area (Å²) in [6.07, 6.45) is 1.27. The van der Waals surface area contributed by atoms with Crippen molar-refractivity contribution < 1.29 is 19.1 Å². The third-order valence-corrected chi connectivity index (χ3v) is 2.80. The predicted molar refractivity (Wildman–Crippen MR) is 73.8 cm³/mol. The molecule has 5 nitrogen and oxygen atoms in total. The maximum atomic E-state index is 11.8. The molecule has 2 atom stereocenters. The van der Waals surface area contributed by atoms with Crippen LogP contribution in [-0.2, 0) is 14.3 Å². The van der Waals surface area contributed by atoms with E-state index in [-0.39, 0.29) is 5.92 Å². The molecule has 0 fully saturated rings. The highest BCUT2D eigenvalue weighted by atomic mass is 16.6. The Morgan fingerprint density at radius 1 is 1.26 bits per heavy atom. The van der Waals surface area contributed by atoms with E-state index in [1.165, 1.54) is 7.11 Å². The Kier molecular flexibility index (Phi) is 6.59. The van der Waals surface area contributed by atoms with Crippen LogP contribution >= 0.6 is 0 Å². The molecule has 0 spiro atoms. The van der Waals surface area contributed by atoms with Gasteiger partial charge in [-0.25, -0.2) is 9.59 Å². The standard InChI is InChI=1S/C14H25NO4/c1-8-9(2)10(3)11(12(16)18-7)15-13(17)19-14(4,5)6/h8,10-11H,1-7H3,(H,15,17). The van der Waals surface area contributed by atoms with Gasteiger partial charge in [-0.15, -0.1) is 0 Å². The second-order valence-electron chi connectivity index (χ2n) is 5.47. The van der Waals surface area contributed by atoms with E-state index in [0.29, 0.717) is 0 Å². The first kappa shape index (κ1) is 17.5. The number of hydrogen-bond acceptors (Lipinski definition) is 4. The van der Waals surface area contributed by atoms with E-state index in [1.54, 1.807) is 20.8 Å². The molecule has 110 valence electrons. The van der Waals surface area contributed by atoms with E-state index in [1.807, 2.05) is 26.8 Å². The molecule has 0 aliphatic rings. The third kappa shape index (κ3) is 6.27. The van der Waals surface area contributed by atoms with Gasteiger partial charge in [0.1, 0.15) is 11.6 Å². The Hall–Kier alpha value is -1.52. The average Bonchev–Trinajstić information content (AvgIpc) is 2.30. The van der Waals surface area contributed by atoms with Gasteiger partial charge in [-0.3, -0.25) is 0 Å². The van der Waals surface area contributed by atoms with Crippen molar-refractivity contribution in [3.8, 4) is 0 Å². The third-order valence-electron chi connectivity index (χ3n) is 2.80. The maximum Gasteiger partial charge on any atom is 0.408 e. The van der Waals surface area contributed by atoms with Crippen molar-refractivity contribution >= 4 is 12.1 Å². The van der Waals surface area contributed by atoms with Gasteiger partial charge in [-0.1, -0.05) is 18.6 Å². The van der Waals surface area contributed by atoms with Gasteiger partial charge < -0.3 is 14.8 Å². The van der Waals surface area contributed by atoms with Crippen LogP contribution in [0.25, 0.3) is 0 Å². The molecule has 0 aromatic carbocycles. The van der Waals surface area contributed by atoms with E-state index in [2.05, 4.69) is 5.32 Å². The minimum absolute atomic E-state index is 0.162.